The minimum absolute atomic E-state index is 0.0410. The van der Waals surface area contributed by atoms with Crippen LogP contribution in [0.25, 0.3) is 0 Å². The first-order chi connectivity index (χ1) is 14.7. The highest BCUT2D eigenvalue weighted by atomic mass is 16.5. The summed E-state index contributed by atoms with van der Waals surface area (Å²) in [6.07, 6.45) is 3.89. The average molecular weight is 408 g/mol. The summed E-state index contributed by atoms with van der Waals surface area (Å²) in [5, 5.41) is 6.01. The van der Waals surface area contributed by atoms with E-state index in [0.29, 0.717) is 18.4 Å². The SMILES string of the molecule is NCc1cccc(NC(=O)[C@H]2[C@H]3CCCC[C@H]3[C@@H]2NC(=O)OCc2ccccc2)c1. The molecule has 4 rings (SSSR count). The summed E-state index contributed by atoms with van der Waals surface area (Å²) in [7, 11) is 0. The number of carbonyl (C=O) groups is 2. The molecule has 30 heavy (non-hydrogen) atoms. The maximum absolute atomic E-state index is 13.1. The van der Waals surface area contributed by atoms with E-state index in [2.05, 4.69) is 10.6 Å². The van der Waals surface area contributed by atoms with Gasteiger partial charge in [-0.15, -0.1) is 0 Å². The molecule has 2 aliphatic carbocycles. The van der Waals surface area contributed by atoms with Crippen molar-refractivity contribution in [3.63, 3.8) is 0 Å². The van der Waals surface area contributed by atoms with Crippen LogP contribution in [0, 0.1) is 17.8 Å². The zero-order valence-corrected chi connectivity index (χ0v) is 17.1. The highest BCUT2D eigenvalue weighted by Crippen LogP contribution is 2.50. The second-order valence-electron chi connectivity index (χ2n) is 8.26. The average Bonchev–Trinajstić information content (AvgIpc) is 2.77. The lowest BCUT2D eigenvalue weighted by Gasteiger charge is -2.53. The molecule has 0 radical (unpaired) electrons. The van der Waals surface area contributed by atoms with Crippen molar-refractivity contribution < 1.29 is 14.3 Å². The van der Waals surface area contributed by atoms with E-state index in [1.54, 1.807) is 0 Å². The molecular formula is C24H29N3O3. The Kier molecular flexibility index (Phi) is 6.33. The van der Waals surface area contributed by atoms with Crippen molar-refractivity contribution in [2.45, 2.75) is 44.9 Å². The number of nitrogens with one attached hydrogen (secondary N) is 2. The van der Waals surface area contributed by atoms with Gasteiger partial charge in [0.15, 0.2) is 0 Å². The second kappa shape index (κ2) is 9.30. The molecule has 0 aromatic heterocycles. The maximum atomic E-state index is 13.1. The van der Waals surface area contributed by atoms with Gasteiger partial charge in [0.25, 0.3) is 0 Å². The molecule has 0 heterocycles. The number of hydrogen-bond acceptors (Lipinski definition) is 4. The summed E-state index contributed by atoms with van der Waals surface area (Å²) in [6.45, 7) is 0.644. The predicted octanol–water partition coefficient (Wildman–Crippen LogP) is 3.82. The van der Waals surface area contributed by atoms with Crippen LogP contribution in [0.3, 0.4) is 0 Å². The van der Waals surface area contributed by atoms with E-state index in [-0.39, 0.29) is 24.5 Å². The van der Waals surface area contributed by atoms with Gasteiger partial charge in [0, 0.05) is 18.3 Å². The van der Waals surface area contributed by atoms with Gasteiger partial charge >= 0.3 is 6.09 Å². The minimum atomic E-state index is -0.462. The first kappa shape index (κ1) is 20.4. The first-order valence-electron chi connectivity index (χ1n) is 10.7. The van der Waals surface area contributed by atoms with Crippen LogP contribution in [0.1, 0.15) is 36.8 Å². The molecule has 0 spiro atoms. The molecule has 6 nitrogen and oxygen atoms in total. The van der Waals surface area contributed by atoms with Crippen LogP contribution in [0.2, 0.25) is 0 Å². The standard InChI is InChI=1S/C24H29N3O3/c25-14-17-9-6-10-18(13-17)26-23(28)21-19-11-4-5-12-20(19)22(21)27-24(29)30-15-16-7-2-1-3-8-16/h1-3,6-10,13,19-22H,4-5,11-12,14-15,25H2,(H,26,28)(H,27,29)/t19-,20+,21-,22-/m0/s1. The van der Waals surface area contributed by atoms with Crippen molar-refractivity contribution >= 4 is 17.7 Å². The zero-order valence-electron chi connectivity index (χ0n) is 17.1. The van der Waals surface area contributed by atoms with E-state index in [1.165, 1.54) is 0 Å². The molecule has 2 amide bonds. The van der Waals surface area contributed by atoms with Crippen molar-refractivity contribution in [3.8, 4) is 0 Å². The quantitative estimate of drug-likeness (QED) is 0.679. The van der Waals surface area contributed by atoms with E-state index in [9.17, 15) is 9.59 Å². The van der Waals surface area contributed by atoms with Gasteiger partial charge in [-0.05, 0) is 47.9 Å². The fourth-order valence-electron chi connectivity index (χ4n) is 4.92. The summed E-state index contributed by atoms with van der Waals surface area (Å²) in [5.74, 6) is 0.381. The highest BCUT2D eigenvalue weighted by Gasteiger charge is 2.54. The van der Waals surface area contributed by atoms with E-state index in [1.807, 2.05) is 54.6 Å². The lowest BCUT2D eigenvalue weighted by atomic mass is 9.55. The van der Waals surface area contributed by atoms with Crippen LogP contribution >= 0.6 is 0 Å². The molecule has 2 aliphatic rings. The molecule has 0 bridgehead atoms. The van der Waals surface area contributed by atoms with Crippen LogP contribution in [0.4, 0.5) is 10.5 Å². The number of carbonyl (C=O) groups excluding carboxylic acids is 2. The van der Waals surface area contributed by atoms with Crippen LogP contribution in [-0.2, 0) is 22.7 Å². The maximum Gasteiger partial charge on any atom is 0.407 e. The second-order valence-corrected chi connectivity index (χ2v) is 8.26. The topological polar surface area (TPSA) is 93.5 Å². The summed E-state index contributed by atoms with van der Waals surface area (Å²) in [6, 6.07) is 17.0. The molecule has 6 heteroatoms. The van der Waals surface area contributed by atoms with Crippen LogP contribution < -0.4 is 16.4 Å². The number of amides is 2. The van der Waals surface area contributed by atoms with Gasteiger partial charge in [0.05, 0.1) is 5.92 Å². The number of rotatable bonds is 6. The molecule has 158 valence electrons. The largest absolute Gasteiger partial charge is 0.445 e. The Bertz CT molecular complexity index is 886. The third-order valence-corrected chi connectivity index (χ3v) is 6.41. The van der Waals surface area contributed by atoms with Gasteiger partial charge in [-0.25, -0.2) is 4.79 Å². The molecule has 2 aromatic carbocycles. The van der Waals surface area contributed by atoms with Gasteiger partial charge < -0.3 is 21.1 Å². The molecule has 4 N–H and O–H groups in total. The molecular weight excluding hydrogens is 378 g/mol. The van der Waals surface area contributed by atoms with Gasteiger partial charge in [0.1, 0.15) is 6.61 Å². The van der Waals surface area contributed by atoms with Gasteiger partial charge in [-0.1, -0.05) is 55.3 Å². The Balaban J connectivity index is 1.39. The smallest absolute Gasteiger partial charge is 0.407 e. The van der Waals surface area contributed by atoms with E-state index in [4.69, 9.17) is 10.5 Å². The highest BCUT2D eigenvalue weighted by molar-refractivity contribution is 5.94. The lowest BCUT2D eigenvalue weighted by Crippen LogP contribution is -2.64. The normalized spacial score (nSPS) is 24.8. The monoisotopic (exact) mass is 407 g/mol. The van der Waals surface area contributed by atoms with E-state index < -0.39 is 6.09 Å². The lowest BCUT2D eigenvalue weighted by molar-refractivity contribution is -0.133. The van der Waals surface area contributed by atoms with E-state index >= 15 is 0 Å². The van der Waals surface area contributed by atoms with Gasteiger partial charge in [-0.3, -0.25) is 4.79 Å². The number of alkyl carbamates (subject to hydrolysis) is 1. The Morgan fingerprint density at radius 1 is 0.967 bits per heavy atom. The molecule has 2 saturated carbocycles. The van der Waals surface area contributed by atoms with Crippen molar-refractivity contribution in [1.82, 2.24) is 5.32 Å². The van der Waals surface area contributed by atoms with Crippen LogP contribution in [-0.4, -0.2) is 18.0 Å². The number of anilines is 1. The summed E-state index contributed by atoms with van der Waals surface area (Å²) >= 11 is 0. The minimum Gasteiger partial charge on any atom is -0.445 e. The molecule has 0 saturated heterocycles. The molecule has 2 aromatic rings. The van der Waals surface area contributed by atoms with Crippen LogP contribution in [0.5, 0.6) is 0 Å². The number of fused-ring (bicyclic) bond motifs is 1. The fourth-order valence-corrected chi connectivity index (χ4v) is 4.92. The van der Waals surface area contributed by atoms with Crippen LogP contribution in [0.15, 0.2) is 54.6 Å². The Hall–Kier alpha value is -2.86. The number of nitrogens with two attached hydrogens (primary N) is 1. The molecule has 0 aliphatic heterocycles. The Morgan fingerprint density at radius 3 is 2.47 bits per heavy atom. The van der Waals surface area contributed by atoms with Gasteiger partial charge in [-0.2, -0.15) is 0 Å². The summed E-state index contributed by atoms with van der Waals surface area (Å²) < 4.78 is 5.40. The van der Waals surface area contributed by atoms with E-state index in [0.717, 1.165) is 42.5 Å². The Labute approximate surface area is 177 Å². The number of benzene rings is 2. The predicted molar refractivity (Wildman–Crippen MR) is 115 cm³/mol. The fraction of sp³-hybridized carbons (Fsp3) is 0.417. The van der Waals surface area contributed by atoms with Crippen molar-refractivity contribution in [2.24, 2.45) is 23.5 Å². The third kappa shape index (κ3) is 4.49. The number of ether oxygens (including phenoxy) is 1. The van der Waals surface area contributed by atoms with Crippen molar-refractivity contribution in [1.29, 1.82) is 0 Å². The number of hydrogen-bond donors (Lipinski definition) is 3. The summed E-state index contributed by atoms with van der Waals surface area (Å²) in [5.41, 5.74) is 8.36. The van der Waals surface area contributed by atoms with Crippen molar-refractivity contribution in [3.05, 3.63) is 65.7 Å². The molecule has 4 atom stereocenters. The molecule has 2 fully saturated rings. The molecule has 0 unspecified atom stereocenters. The third-order valence-electron chi connectivity index (χ3n) is 6.41. The van der Waals surface area contributed by atoms with Gasteiger partial charge in [0.2, 0.25) is 5.91 Å². The summed E-state index contributed by atoms with van der Waals surface area (Å²) in [4.78, 5) is 25.5. The van der Waals surface area contributed by atoms with Crippen molar-refractivity contribution in [2.75, 3.05) is 5.32 Å². The first-order valence-corrected chi connectivity index (χ1v) is 10.7. The zero-order chi connectivity index (χ0) is 20.9. The Morgan fingerprint density at radius 2 is 1.70 bits per heavy atom.